The van der Waals surface area contributed by atoms with Crippen molar-refractivity contribution in [3.8, 4) is 5.69 Å². The van der Waals surface area contributed by atoms with Crippen molar-refractivity contribution >= 4 is 11.7 Å². The molecule has 1 fully saturated rings. The molecule has 134 valence electrons. The third-order valence-corrected chi connectivity index (χ3v) is 4.56. The second-order valence-corrected chi connectivity index (χ2v) is 6.43. The molecule has 1 aliphatic rings. The Hall–Kier alpha value is -2.93. The summed E-state index contributed by atoms with van der Waals surface area (Å²) < 4.78 is 8.91. The Morgan fingerprint density at radius 1 is 1.23 bits per heavy atom. The van der Waals surface area contributed by atoms with E-state index in [4.69, 9.17) is 4.74 Å². The van der Waals surface area contributed by atoms with Crippen LogP contribution in [0.4, 0.5) is 5.82 Å². The minimum atomic E-state index is -0.255. The second-order valence-electron chi connectivity index (χ2n) is 6.43. The van der Waals surface area contributed by atoms with Crippen LogP contribution in [0.3, 0.4) is 0 Å². The summed E-state index contributed by atoms with van der Waals surface area (Å²) in [6.07, 6.45) is 3.88. The van der Waals surface area contributed by atoms with E-state index in [1.54, 1.807) is 21.6 Å². The van der Waals surface area contributed by atoms with Gasteiger partial charge in [0.1, 0.15) is 5.82 Å². The van der Waals surface area contributed by atoms with Crippen molar-refractivity contribution in [3.63, 3.8) is 0 Å². The zero-order valence-electron chi connectivity index (χ0n) is 14.6. The van der Waals surface area contributed by atoms with Crippen molar-refractivity contribution in [2.75, 3.05) is 18.5 Å². The van der Waals surface area contributed by atoms with Crippen molar-refractivity contribution < 1.29 is 9.53 Å². The zero-order chi connectivity index (χ0) is 17.9. The van der Waals surface area contributed by atoms with Crippen LogP contribution in [0, 0.1) is 0 Å². The number of aromatic nitrogens is 4. The molecule has 1 amide bonds. The molecule has 7 nitrogen and oxygen atoms in total. The number of para-hydroxylation sites is 1. The molecule has 4 rings (SSSR count). The van der Waals surface area contributed by atoms with Crippen molar-refractivity contribution in [2.45, 2.75) is 18.8 Å². The minimum absolute atomic E-state index is 0.255. The first-order chi connectivity index (χ1) is 12.7. The first-order valence-electron chi connectivity index (χ1n) is 8.75. The maximum absolute atomic E-state index is 12.5. The van der Waals surface area contributed by atoms with Crippen molar-refractivity contribution in [1.29, 1.82) is 0 Å². The molecule has 0 radical (unpaired) electrons. The van der Waals surface area contributed by atoms with Gasteiger partial charge in [-0.3, -0.25) is 9.48 Å². The van der Waals surface area contributed by atoms with Gasteiger partial charge in [0, 0.05) is 31.8 Å². The summed E-state index contributed by atoms with van der Waals surface area (Å²) in [5, 5.41) is 11.8. The molecule has 1 atom stereocenters. The molecule has 1 aliphatic heterocycles. The van der Waals surface area contributed by atoms with E-state index >= 15 is 0 Å². The number of nitrogens with zero attached hydrogens (tertiary/aromatic N) is 4. The quantitative estimate of drug-likeness (QED) is 0.784. The highest BCUT2D eigenvalue weighted by atomic mass is 16.5. The SMILES string of the molecule is Cn1nc(C2CCCOC2)cc1NC(=O)c1ccn(-c2ccccc2)n1. The molecule has 2 aromatic heterocycles. The number of ether oxygens (including phenoxy) is 1. The molecular formula is C19H21N5O2. The predicted molar refractivity (Wildman–Crippen MR) is 97.5 cm³/mol. The number of rotatable bonds is 4. The lowest BCUT2D eigenvalue weighted by atomic mass is 9.99. The fraction of sp³-hybridized carbons (Fsp3) is 0.316. The van der Waals surface area contributed by atoms with E-state index in [2.05, 4.69) is 15.5 Å². The van der Waals surface area contributed by atoms with Crippen LogP contribution in [0.25, 0.3) is 5.69 Å². The number of benzene rings is 1. The summed E-state index contributed by atoms with van der Waals surface area (Å²) in [6, 6.07) is 13.3. The van der Waals surface area contributed by atoms with Crippen molar-refractivity contribution in [3.05, 3.63) is 60.0 Å². The Balaban J connectivity index is 1.48. The zero-order valence-corrected chi connectivity index (χ0v) is 14.6. The summed E-state index contributed by atoms with van der Waals surface area (Å²) in [6.45, 7) is 1.50. The number of carbonyl (C=O) groups excluding carboxylic acids is 1. The number of anilines is 1. The number of hydrogen-bond acceptors (Lipinski definition) is 4. The van der Waals surface area contributed by atoms with E-state index < -0.39 is 0 Å². The topological polar surface area (TPSA) is 74.0 Å². The van der Waals surface area contributed by atoms with Gasteiger partial charge in [-0.25, -0.2) is 4.68 Å². The van der Waals surface area contributed by atoms with Gasteiger partial charge < -0.3 is 10.1 Å². The third-order valence-electron chi connectivity index (χ3n) is 4.56. The Morgan fingerprint density at radius 3 is 2.85 bits per heavy atom. The monoisotopic (exact) mass is 351 g/mol. The average molecular weight is 351 g/mol. The van der Waals surface area contributed by atoms with Crippen LogP contribution in [-0.2, 0) is 11.8 Å². The molecule has 3 heterocycles. The fourth-order valence-electron chi connectivity index (χ4n) is 3.13. The maximum Gasteiger partial charge on any atom is 0.277 e. The number of hydrogen-bond donors (Lipinski definition) is 1. The Bertz CT molecular complexity index is 894. The van der Waals surface area contributed by atoms with Gasteiger partial charge in [0.15, 0.2) is 5.69 Å². The van der Waals surface area contributed by atoms with Gasteiger partial charge in [0.2, 0.25) is 0 Å². The maximum atomic E-state index is 12.5. The van der Waals surface area contributed by atoms with E-state index in [1.165, 1.54) is 0 Å². The van der Waals surface area contributed by atoms with E-state index in [9.17, 15) is 4.79 Å². The van der Waals surface area contributed by atoms with E-state index in [-0.39, 0.29) is 11.8 Å². The summed E-state index contributed by atoms with van der Waals surface area (Å²) >= 11 is 0. The molecule has 1 saturated heterocycles. The van der Waals surface area contributed by atoms with Crippen molar-refractivity contribution in [2.24, 2.45) is 7.05 Å². The van der Waals surface area contributed by atoms with Gasteiger partial charge in [-0.15, -0.1) is 0 Å². The molecule has 0 spiro atoms. The van der Waals surface area contributed by atoms with Crippen LogP contribution in [0.2, 0.25) is 0 Å². The van der Waals surface area contributed by atoms with Crippen LogP contribution < -0.4 is 5.32 Å². The third kappa shape index (κ3) is 3.39. The number of nitrogens with one attached hydrogen (secondary N) is 1. The lowest BCUT2D eigenvalue weighted by Gasteiger charge is -2.19. The molecular weight excluding hydrogens is 330 g/mol. The van der Waals surface area contributed by atoms with Gasteiger partial charge in [0.05, 0.1) is 18.0 Å². The van der Waals surface area contributed by atoms with Crippen LogP contribution in [-0.4, -0.2) is 38.7 Å². The summed E-state index contributed by atoms with van der Waals surface area (Å²) in [5.41, 5.74) is 2.22. The highest BCUT2D eigenvalue weighted by Gasteiger charge is 2.21. The number of aryl methyl sites for hydroxylation is 1. The van der Waals surface area contributed by atoms with Crippen LogP contribution in [0.15, 0.2) is 48.7 Å². The smallest absolute Gasteiger partial charge is 0.277 e. The van der Waals surface area contributed by atoms with E-state index in [1.807, 2.05) is 43.4 Å². The lowest BCUT2D eigenvalue weighted by Crippen LogP contribution is -2.16. The van der Waals surface area contributed by atoms with Gasteiger partial charge in [-0.2, -0.15) is 10.2 Å². The predicted octanol–water partition coefficient (Wildman–Crippen LogP) is 2.75. The first-order valence-corrected chi connectivity index (χ1v) is 8.75. The van der Waals surface area contributed by atoms with Gasteiger partial charge in [-0.1, -0.05) is 18.2 Å². The molecule has 0 saturated carbocycles. The Labute approximate surface area is 151 Å². The van der Waals surface area contributed by atoms with Crippen LogP contribution >= 0.6 is 0 Å². The lowest BCUT2D eigenvalue weighted by molar-refractivity contribution is 0.0791. The van der Waals surface area contributed by atoms with Crippen LogP contribution in [0.1, 0.15) is 34.9 Å². The standard InChI is InChI=1S/C19H21N5O2/c1-23-18(12-17(21-23)14-6-5-11-26-13-14)20-19(25)16-9-10-24(22-16)15-7-3-2-4-8-15/h2-4,7-10,12,14H,5-6,11,13H2,1H3,(H,20,25). The molecule has 3 aromatic rings. The van der Waals surface area contributed by atoms with Gasteiger partial charge in [0.25, 0.3) is 5.91 Å². The van der Waals surface area contributed by atoms with E-state index in [0.717, 1.165) is 30.8 Å². The molecule has 1 aromatic carbocycles. The van der Waals surface area contributed by atoms with Crippen molar-refractivity contribution in [1.82, 2.24) is 19.6 Å². The summed E-state index contributed by atoms with van der Waals surface area (Å²) in [7, 11) is 1.82. The first kappa shape index (κ1) is 16.5. The second kappa shape index (κ2) is 7.13. The average Bonchev–Trinajstić information content (AvgIpc) is 3.31. The highest BCUT2D eigenvalue weighted by Crippen LogP contribution is 2.26. The Kier molecular flexibility index (Phi) is 4.53. The molecule has 1 unspecified atom stereocenters. The molecule has 7 heteroatoms. The number of amides is 1. The van der Waals surface area contributed by atoms with Gasteiger partial charge in [-0.05, 0) is 31.0 Å². The van der Waals surface area contributed by atoms with Gasteiger partial charge >= 0.3 is 0 Å². The highest BCUT2D eigenvalue weighted by molar-refractivity contribution is 6.02. The molecule has 0 aliphatic carbocycles. The summed E-state index contributed by atoms with van der Waals surface area (Å²) in [4.78, 5) is 12.5. The number of carbonyl (C=O) groups is 1. The largest absolute Gasteiger partial charge is 0.381 e. The van der Waals surface area contributed by atoms with Crippen LogP contribution in [0.5, 0.6) is 0 Å². The Morgan fingerprint density at radius 2 is 2.08 bits per heavy atom. The molecule has 26 heavy (non-hydrogen) atoms. The normalized spacial score (nSPS) is 17.2. The van der Waals surface area contributed by atoms with E-state index in [0.29, 0.717) is 18.1 Å². The fourth-order valence-corrected chi connectivity index (χ4v) is 3.13. The molecule has 0 bridgehead atoms. The minimum Gasteiger partial charge on any atom is -0.381 e. The summed E-state index contributed by atoms with van der Waals surface area (Å²) in [5.74, 6) is 0.692. The molecule has 1 N–H and O–H groups in total.